The summed E-state index contributed by atoms with van der Waals surface area (Å²) < 4.78 is 5.95. The Morgan fingerprint density at radius 2 is 1.16 bits per heavy atom. The Labute approximate surface area is 186 Å². The molecule has 0 radical (unpaired) electrons. The lowest BCUT2D eigenvalue weighted by molar-refractivity contribution is 0.170. The first kappa shape index (κ1) is 21.6. The van der Waals surface area contributed by atoms with Crippen LogP contribution in [0.3, 0.4) is 0 Å². The smallest absolute Gasteiger partial charge is 0.127 e. The van der Waals surface area contributed by atoms with E-state index in [4.69, 9.17) is 10.5 Å². The first-order valence-electron chi connectivity index (χ1n) is 11.6. The number of hydrogen-bond acceptors (Lipinski definition) is 3. The molecule has 0 spiro atoms. The second-order valence-corrected chi connectivity index (χ2v) is 8.84. The van der Waals surface area contributed by atoms with Gasteiger partial charge in [-0.1, -0.05) is 60.7 Å². The lowest BCUT2D eigenvalue weighted by atomic mass is 9.82. The molecular formula is C28H34N2O. The normalized spacial score (nSPS) is 18.8. The average Bonchev–Trinajstić information content (AvgIpc) is 2.82. The van der Waals surface area contributed by atoms with Gasteiger partial charge in [-0.3, -0.25) is 4.90 Å². The van der Waals surface area contributed by atoms with Gasteiger partial charge in [-0.05, 0) is 79.5 Å². The third-order valence-corrected chi connectivity index (χ3v) is 6.37. The van der Waals surface area contributed by atoms with Crippen LogP contribution < -0.4 is 10.5 Å². The highest BCUT2D eigenvalue weighted by Crippen LogP contribution is 2.30. The van der Waals surface area contributed by atoms with Crippen molar-refractivity contribution in [2.24, 2.45) is 17.6 Å². The van der Waals surface area contributed by atoms with E-state index in [0.29, 0.717) is 0 Å². The lowest BCUT2D eigenvalue weighted by Gasteiger charge is -2.32. The molecule has 0 amide bonds. The van der Waals surface area contributed by atoms with Crippen LogP contribution in [0.1, 0.15) is 36.8 Å². The molecule has 0 aromatic heterocycles. The SMILES string of the molecule is NCC1CCC(CN(Cc2ccccc2)Cc2ccc(Oc3ccccc3)cc2)CC1. The van der Waals surface area contributed by atoms with Crippen molar-refractivity contribution in [3.05, 3.63) is 96.1 Å². The van der Waals surface area contributed by atoms with E-state index in [0.717, 1.165) is 49.5 Å². The average molecular weight is 415 g/mol. The summed E-state index contributed by atoms with van der Waals surface area (Å²) >= 11 is 0. The molecule has 0 bridgehead atoms. The van der Waals surface area contributed by atoms with Gasteiger partial charge in [0.2, 0.25) is 0 Å². The van der Waals surface area contributed by atoms with Crippen LogP contribution in [0, 0.1) is 11.8 Å². The van der Waals surface area contributed by atoms with Crippen molar-refractivity contribution in [2.75, 3.05) is 13.1 Å². The molecule has 1 aliphatic rings. The summed E-state index contributed by atoms with van der Waals surface area (Å²) in [6.45, 7) is 3.93. The van der Waals surface area contributed by atoms with Crippen LogP contribution in [0.15, 0.2) is 84.9 Å². The molecule has 1 saturated carbocycles. The first-order chi connectivity index (χ1) is 15.3. The molecule has 3 aromatic carbocycles. The van der Waals surface area contributed by atoms with Crippen molar-refractivity contribution in [1.82, 2.24) is 4.90 Å². The van der Waals surface area contributed by atoms with E-state index in [1.165, 1.54) is 36.8 Å². The minimum atomic E-state index is 0.732. The van der Waals surface area contributed by atoms with Crippen molar-refractivity contribution < 1.29 is 4.74 Å². The molecule has 0 aliphatic heterocycles. The molecule has 31 heavy (non-hydrogen) atoms. The van der Waals surface area contributed by atoms with Crippen LogP contribution in [0.25, 0.3) is 0 Å². The highest BCUT2D eigenvalue weighted by atomic mass is 16.5. The number of nitrogens with two attached hydrogens (primary N) is 1. The number of para-hydroxylation sites is 1. The van der Waals surface area contributed by atoms with Gasteiger partial charge in [-0.25, -0.2) is 0 Å². The van der Waals surface area contributed by atoms with Crippen molar-refractivity contribution in [1.29, 1.82) is 0 Å². The quantitative estimate of drug-likeness (QED) is 0.450. The Kier molecular flexibility index (Phi) is 7.76. The molecule has 0 heterocycles. The zero-order valence-corrected chi connectivity index (χ0v) is 18.3. The largest absolute Gasteiger partial charge is 0.457 e. The standard InChI is InChI=1S/C28H34N2O/c29-19-23-11-13-25(14-12-23)21-30(20-24-7-3-1-4-8-24)22-26-15-17-28(18-16-26)31-27-9-5-2-6-10-27/h1-10,15-18,23,25H,11-14,19-22,29H2. The van der Waals surface area contributed by atoms with Gasteiger partial charge in [0.1, 0.15) is 11.5 Å². The number of nitrogens with zero attached hydrogens (tertiary/aromatic N) is 1. The van der Waals surface area contributed by atoms with Gasteiger partial charge in [-0.2, -0.15) is 0 Å². The van der Waals surface area contributed by atoms with Crippen LogP contribution in [-0.4, -0.2) is 18.0 Å². The summed E-state index contributed by atoms with van der Waals surface area (Å²) in [5.74, 6) is 3.25. The number of hydrogen-bond donors (Lipinski definition) is 1. The fourth-order valence-electron chi connectivity index (χ4n) is 4.59. The van der Waals surface area contributed by atoms with E-state index in [9.17, 15) is 0 Å². The van der Waals surface area contributed by atoms with E-state index in [1.807, 2.05) is 30.3 Å². The number of ether oxygens (including phenoxy) is 1. The number of rotatable bonds is 9. The zero-order valence-electron chi connectivity index (χ0n) is 18.3. The predicted octanol–water partition coefficient (Wildman–Crippen LogP) is 6.25. The maximum absolute atomic E-state index is 5.95. The first-order valence-corrected chi connectivity index (χ1v) is 11.6. The van der Waals surface area contributed by atoms with E-state index in [2.05, 4.69) is 59.5 Å². The van der Waals surface area contributed by atoms with E-state index in [1.54, 1.807) is 0 Å². The fourth-order valence-corrected chi connectivity index (χ4v) is 4.59. The monoisotopic (exact) mass is 414 g/mol. The molecule has 0 atom stereocenters. The Balaban J connectivity index is 1.40. The summed E-state index contributed by atoms with van der Waals surface area (Å²) in [4.78, 5) is 2.61. The molecular weight excluding hydrogens is 380 g/mol. The maximum Gasteiger partial charge on any atom is 0.127 e. The molecule has 0 saturated heterocycles. The minimum Gasteiger partial charge on any atom is -0.457 e. The van der Waals surface area contributed by atoms with Crippen molar-refractivity contribution >= 4 is 0 Å². The highest BCUT2D eigenvalue weighted by molar-refractivity contribution is 5.33. The minimum absolute atomic E-state index is 0.732. The second-order valence-electron chi connectivity index (χ2n) is 8.84. The molecule has 1 fully saturated rings. The third kappa shape index (κ3) is 6.68. The summed E-state index contributed by atoms with van der Waals surface area (Å²) in [7, 11) is 0. The summed E-state index contributed by atoms with van der Waals surface area (Å²) in [5, 5.41) is 0. The molecule has 0 unspecified atom stereocenters. The van der Waals surface area contributed by atoms with E-state index in [-0.39, 0.29) is 0 Å². The van der Waals surface area contributed by atoms with Crippen LogP contribution >= 0.6 is 0 Å². The third-order valence-electron chi connectivity index (χ3n) is 6.37. The van der Waals surface area contributed by atoms with Crippen molar-refractivity contribution in [3.63, 3.8) is 0 Å². The molecule has 3 aromatic rings. The fraction of sp³-hybridized carbons (Fsp3) is 0.357. The zero-order chi connectivity index (χ0) is 21.3. The van der Waals surface area contributed by atoms with Crippen LogP contribution in [0.2, 0.25) is 0 Å². The van der Waals surface area contributed by atoms with Crippen LogP contribution in [0.5, 0.6) is 11.5 Å². The molecule has 1 aliphatic carbocycles. The van der Waals surface area contributed by atoms with Gasteiger partial charge in [-0.15, -0.1) is 0 Å². The van der Waals surface area contributed by atoms with E-state index >= 15 is 0 Å². The van der Waals surface area contributed by atoms with Gasteiger partial charge in [0, 0.05) is 19.6 Å². The van der Waals surface area contributed by atoms with Gasteiger partial charge >= 0.3 is 0 Å². The van der Waals surface area contributed by atoms with Crippen LogP contribution in [-0.2, 0) is 13.1 Å². The van der Waals surface area contributed by atoms with Crippen molar-refractivity contribution in [3.8, 4) is 11.5 Å². The van der Waals surface area contributed by atoms with Crippen LogP contribution in [0.4, 0.5) is 0 Å². The summed E-state index contributed by atoms with van der Waals surface area (Å²) in [6.07, 6.45) is 5.17. The van der Waals surface area contributed by atoms with E-state index < -0.39 is 0 Å². The van der Waals surface area contributed by atoms with Gasteiger partial charge in [0.15, 0.2) is 0 Å². The molecule has 3 heteroatoms. The predicted molar refractivity (Wildman–Crippen MR) is 128 cm³/mol. The maximum atomic E-state index is 5.95. The molecule has 162 valence electrons. The number of benzene rings is 3. The summed E-state index contributed by atoms with van der Waals surface area (Å²) in [6, 6.07) is 29.3. The second kappa shape index (κ2) is 11.1. The molecule has 4 rings (SSSR count). The highest BCUT2D eigenvalue weighted by Gasteiger charge is 2.22. The topological polar surface area (TPSA) is 38.5 Å². The molecule has 2 N–H and O–H groups in total. The van der Waals surface area contributed by atoms with Gasteiger partial charge in [0.05, 0.1) is 0 Å². The Morgan fingerprint density at radius 1 is 0.645 bits per heavy atom. The van der Waals surface area contributed by atoms with Gasteiger partial charge < -0.3 is 10.5 Å². The molecule has 3 nitrogen and oxygen atoms in total. The Morgan fingerprint density at radius 3 is 1.77 bits per heavy atom. The Bertz CT molecular complexity index is 887. The van der Waals surface area contributed by atoms with Gasteiger partial charge in [0.25, 0.3) is 0 Å². The lowest BCUT2D eigenvalue weighted by Crippen LogP contribution is -2.32. The van der Waals surface area contributed by atoms with Crippen molar-refractivity contribution in [2.45, 2.75) is 38.8 Å². The summed E-state index contributed by atoms with van der Waals surface area (Å²) in [5.41, 5.74) is 8.60. The Hall–Kier alpha value is -2.62.